The molecule has 0 aromatic heterocycles. The van der Waals surface area contributed by atoms with Crippen molar-refractivity contribution in [3.8, 4) is 0 Å². The minimum absolute atomic E-state index is 0.347. The van der Waals surface area contributed by atoms with Crippen LogP contribution in [-0.4, -0.2) is 33.4 Å². The van der Waals surface area contributed by atoms with E-state index < -0.39 is 0 Å². The van der Waals surface area contributed by atoms with Gasteiger partial charge in [0.05, 0.1) is 6.17 Å². The highest BCUT2D eigenvalue weighted by Crippen LogP contribution is 2.03. The van der Waals surface area contributed by atoms with Crippen LogP contribution in [0.15, 0.2) is 0 Å². The lowest BCUT2D eigenvalue weighted by atomic mass is 10.0. The van der Waals surface area contributed by atoms with E-state index in [2.05, 4.69) is 29.8 Å². The second kappa shape index (κ2) is 5.52. The van der Waals surface area contributed by atoms with Crippen molar-refractivity contribution in [2.24, 2.45) is 5.92 Å². The van der Waals surface area contributed by atoms with Gasteiger partial charge >= 0.3 is 0 Å². The minimum atomic E-state index is 0.347. The van der Waals surface area contributed by atoms with Crippen LogP contribution in [0.5, 0.6) is 0 Å². The van der Waals surface area contributed by atoms with Gasteiger partial charge in [0.15, 0.2) is 0 Å². The lowest BCUT2D eigenvalue weighted by Gasteiger charge is -2.29. The third kappa shape index (κ3) is 3.18. The van der Waals surface area contributed by atoms with Crippen molar-refractivity contribution in [1.82, 2.24) is 16.0 Å². The smallest absolute Gasteiger partial charge is 0.0727 e. The van der Waals surface area contributed by atoms with E-state index in [1.165, 1.54) is 0 Å². The minimum Gasteiger partial charge on any atom is -0.314 e. The zero-order valence-electron chi connectivity index (χ0n) is 8.23. The molecule has 0 saturated carbocycles. The molecule has 0 rings (SSSR count). The summed E-state index contributed by atoms with van der Waals surface area (Å²) in [5, 5.41) is 9.70. The number of likely N-dealkylation sites (N-methyl/N-ethyl adjacent to an activating group) is 3. The van der Waals surface area contributed by atoms with Crippen molar-refractivity contribution in [2.75, 3.05) is 21.1 Å². The van der Waals surface area contributed by atoms with E-state index in [0.717, 1.165) is 0 Å². The van der Waals surface area contributed by atoms with Crippen LogP contribution < -0.4 is 16.0 Å². The molecule has 3 nitrogen and oxygen atoms in total. The molecule has 1 unspecified atom stereocenters. The van der Waals surface area contributed by atoms with E-state index in [4.69, 9.17) is 0 Å². The first-order valence-corrected chi connectivity index (χ1v) is 4.19. The predicted molar refractivity (Wildman–Crippen MR) is 49.6 cm³/mol. The monoisotopic (exact) mass is 159 g/mol. The molecule has 0 bridgehead atoms. The maximum atomic E-state index is 3.28. The molecule has 0 heterocycles. The number of rotatable bonds is 5. The van der Waals surface area contributed by atoms with Gasteiger partial charge in [0.1, 0.15) is 0 Å². The molecule has 0 radical (unpaired) electrons. The first-order valence-electron chi connectivity index (χ1n) is 4.19. The molecular formula is C8H21N3. The zero-order valence-corrected chi connectivity index (χ0v) is 8.23. The summed E-state index contributed by atoms with van der Waals surface area (Å²) in [6.07, 6.45) is 0.347. The van der Waals surface area contributed by atoms with E-state index in [0.29, 0.717) is 18.1 Å². The van der Waals surface area contributed by atoms with E-state index in [9.17, 15) is 0 Å². The van der Waals surface area contributed by atoms with Crippen LogP contribution in [0.1, 0.15) is 13.8 Å². The second-order valence-corrected chi connectivity index (χ2v) is 3.11. The highest BCUT2D eigenvalue weighted by atomic mass is 15.1. The van der Waals surface area contributed by atoms with Gasteiger partial charge in [-0.1, -0.05) is 13.8 Å². The Morgan fingerprint density at radius 2 is 1.27 bits per heavy atom. The molecule has 0 spiro atoms. The normalized spacial score (nSPS) is 14.5. The molecule has 3 N–H and O–H groups in total. The van der Waals surface area contributed by atoms with Crippen molar-refractivity contribution >= 4 is 0 Å². The lowest BCUT2D eigenvalue weighted by Crippen LogP contribution is -2.55. The number of nitrogens with one attached hydrogen (secondary N) is 3. The van der Waals surface area contributed by atoms with E-state index >= 15 is 0 Å². The first kappa shape index (κ1) is 10.9. The summed E-state index contributed by atoms with van der Waals surface area (Å²) in [6.45, 7) is 4.42. The van der Waals surface area contributed by atoms with Gasteiger partial charge in [0.2, 0.25) is 0 Å². The molecule has 68 valence electrons. The van der Waals surface area contributed by atoms with E-state index in [1.807, 2.05) is 21.1 Å². The van der Waals surface area contributed by atoms with Crippen LogP contribution in [0.4, 0.5) is 0 Å². The highest BCUT2D eigenvalue weighted by molar-refractivity contribution is 4.79. The summed E-state index contributed by atoms with van der Waals surface area (Å²) in [5.74, 6) is 0.630. The predicted octanol–water partition coefficient (Wildman–Crippen LogP) is -0.00470. The van der Waals surface area contributed by atoms with Crippen LogP contribution in [0.25, 0.3) is 0 Å². The summed E-state index contributed by atoms with van der Waals surface area (Å²) in [4.78, 5) is 0. The average Bonchev–Trinajstić information content (AvgIpc) is 1.99. The Hall–Kier alpha value is -0.120. The standard InChI is InChI=1S/C8H21N3/c1-6(2)7(9-3)8(10-4)11-5/h6-11H,1-5H3. The quantitative estimate of drug-likeness (QED) is 0.494. The Labute approximate surface area is 69.9 Å². The van der Waals surface area contributed by atoms with Gasteiger partial charge in [0.25, 0.3) is 0 Å². The van der Waals surface area contributed by atoms with Crippen LogP contribution in [0, 0.1) is 5.92 Å². The van der Waals surface area contributed by atoms with Crippen molar-refractivity contribution in [3.05, 3.63) is 0 Å². The number of hydrogen-bond acceptors (Lipinski definition) is 3. The zero-order chi connectivity index (χ0) is 8.85. The van der Waals surface area contributed by atoms with Crippen molar-refractivity contribution < 1.29 is 0 Å². The summed E-state index contributed by atoms with van der Waals surface area (Å²) < 4.78 is 0. The fraction of sp³-hybridized carbons (Fsp3) is 1.00. The molecule has 0 fully saturated rings. The maximum absolute atomic E-state index is 3.28. The van der Waals surface area contributed by atoms with Gasteiger partial charge in [0, 0.05) is 6.04 Å². The third-order valence-corrected chi connectivity index (χ3v) is 2.03. The van der Waals surface area contributed by atoms with Crippen molar-refractivity contribution in [3.63, 3.8) is 0 Å². The molecular weight excluding hydrogens is 138 g/mol. The number of hydrogen-bond donors (Lipinski definition) is 3. The van der Waals surface area contributed by atoms with Crippen LogP contribution >= 0.6 is 0 Å². The molecule has 0 saturated heterocycles. The largest absolute Gasteiger partial charge is 0.314 e. The molecule has 0 aromatic rings. The Kier molecular flexibility index (Phi) is 5.46. The van der Waals surface area contributed by atoms with Crippen LogP contribution in [0.3, 0.4) is 0 Å². The molecule has 0 aliphatic rings. The van der Waals surface area contributed by atoms with Crippen molar-refractivity contribution in [2.45, 2.75) is 26.1 Å². The van der Waals surface area contributed by atoms with Gasteiger partial charge in [-0.3, -0.25) is 0 Å². The topological polar surface area (TPSA) is 36.1 Å². The van der Waals surface area contributed by atoms with Crippen LogP contribution in [0.2, 0.25) is 0 Å². The average molecular weight is 159 g/mol. The molecule has 3 heteroatoms. The molecule has 0 aromatic carbocycles. The molecule has 0 aliphatic carbocycles. The molecule has 1 atom stereocenters. The highest BCUT2D eigenvalue weighted by Gasteiger charge is 2.19. The Morgan fingerprint density at radius 1 is 0.818 bits per heavy atom. The molecule has 0 aliphatic heterocycles. The first-order chi connectivity index (χ1) is 5.17. The Balaban J connectivity index is 3.98. The van der Waals surface area contributed by atoms with Gasteiger partial charge in [-0.2, -0.15) is 0 Å². The maximum Gasteiger partial charge on any atom is 0.0727 e. The van der Waals surface area contributed by atoms with E-state index in [1.54, 1.807) is 0 Å². The summed E-state index contributed by atoms with van der Waals surface area (Å²) in [6, 6.07) is 0.477. The van der Waals surface area contributed by atoms with Crippen LogP contribution in [-0.2, 0) is 0 Å². The fourth-order valence-electron chi connectivity index (χ4n) is 1.39. The second-order valence-electron chi connectivity index (χ2n) is 3.11. The summed E-state index contributed by atoms with van der Waals surface area (Å²) >= 11 is 0. The summed E-state index contributed by atoms with van der Waals surface area (Å²) in [7, 11) is 5.92. The van der Waals surface area contributed by atoms with Gasteiger partial charge < -0.3 is 16.0 Å². The Bertz CT molecular complexity index is 89.3. The third-order valence-electron chi connectivity index (χ3n) is 2.03. The fourth-order valence-corrected chi connectivity index (χ4v) is 1.39. The van der Waals surface area contributed by atoms with Gasteiger partial charge in [-0.15, -0.1) is 0 Å². The molecule has 11 heavy (non-hydrogen) atoms. The molecule has 0 amide bonds. The SMILES string of the molecule is CNC(NC)C(NC)C(C)C. The van der Waals surface area contributed by atoms with E-state index in [-0.39, 0.29) is 0 Å². The van der Waals surface area contributed by atoms with Gasteiger partial charge in [-0.05, 0) is 27.1 Å². The Morgan fingerprint density at radius 3 is 1.36 bits per heavy atom. The van der Waals surface area contributed by atoms with Gasteiger partial charge in [-0.25, -0.2) is 0 Å². The lowest BCUT2D eigenvalue weighted by molar-refractivity contribution is 0.300. The van der Waals surface area contributed by atoms with Crippen molar-refractivity contribution in [1.29, 1.82) is 0 Å². The summed E-state index contributed by atoms with van der Waals surface area (Å²) in [5.41, 5.74) is 0.